The molecule has 0 aliphatic carbocycles. The molecular weight excluding hydrogens is 489 g/mol. The first-order chi connectivity index (χ1) is 17.8. The van der Waals surface area contributed by atoms with E-state index in [0.717, 1.165) is 25.9 Å². The summed E-state index contributed by atoms with van der Waals surface area (Å²) in [6.45, 7) is 10.4. The number of ether oxygens (including phenoxy) is 2. The predicted molar refractivity (Wildman–Crippen MR) is 154 cm³/mol. The zero-order chi connectivity index (χ0) is 27.6. The fourth-order valence-corrected chi connectivity index (χ4v) is 5.45. The van der Waals surface area contributed by atoms with Gasteiger partial charge in [0.25, 0.3) is 0 Å². The van der Waals surface area contributed by atoms with Crippen LogP contribution in [0.2, 0.25) is 0 Å². The molecule has 8 heteroatoms. The Kier molecular flexibility index (Phi) is 25.5. The topological polar surface area (TPSA) is 85.3 Å². The summed E-state index contributed by atoms with van der Waals surface area (Å²) in [5.41, 5.74) is 0. The summed E-state index contributed by atoms with van der Waals surface area (Å²) in [6, 6.07) is 0. The Labute approximate surface area is 228 Å². The second-order valence-electron chi connectivity index (χ2n) is 10.3. The predicted octanol–water partition coefficient (Wildman–Crippen LogP) is 7.74. The molecule has 0 aromatic rings. The molecule has 0 spiro atoms. The molecule has 7 nitrogen and oxygen atoms in total. The lowest BCUT2D eigenvalue weighted by Gasteiger charge is -2.22. The van der Waals surface area contributed by atoms with Gasteiger partial charge in [-0.1, -0.05) is 117 Å². The molecular formula is C29H60NO6P. The zero-order valence-corrected chi connectivity index (χ0v) is 25.6. The lowest BCUT2D eigenvalue weighted by atomic mass is 10.0. The molecule has 1 N–H and O–H groups in total. The Morgan fingerprint density at radius 2 is 1.22 bits per heavy atom. The van der Waals surface area contributed by atoms with E-state index in [2.05, 4.69) is 11.8 Å². The largest absolute Gasteiger partial charge is 0.458 e. The van der Waals surface area contributed by atoms with Gasteiger partial charge < -0.3 is 23.8 Å². The van der Waals surface area contributed by atoms with Gasteiger partial charge in [-0.2, -0.15) is 0 Å². The number of carbonyl (C=O) groups is 1. The van der Waals surface area contributed by atoms with Gasteiger partial charge in [-0.15, -0.1) is 0 Å². The van der Waals surface area contributed by atoms with E-state index in [-0.39, 0.29) is 19.4 Å². The fraction of sp³-hybridized carbons (Fsp3) is 0.966. The van der Waals surface area contributed by atoms with Crippen molar-refractivity contribution < 1.29 is 28.3 Å². The van der Waals surface area contributed by atoms with Crippen molar-refractivity contribution in [3.63, 3.8) is 0 Å². The average molecular weight is 550 g/mol. The van der Waals surface area contributed by atoms with Crippen LogP contribution in [0.4, 0.5) is 0 Å². The number of nitrogens with zero attached hydrogens (tertiary/aromatic N) is 1. The van der Waals surface area contributed by atoms with Crippen LogP contribution in [0.5, 0.6) is 0 Å². The Morgan fingerprint density at radius 1 is 0.757 bits per heavy atom. The lowest BCUT2D eigenvalue weighted by molar-refractivity contribution is -0.151. The van der Waals surface area contributed by atoms with Gasteiger partial charge in [0.1, 0.15) is 6.10 Å². The molecule has 0 aliphatic heterocycles. The smallest absolute Gasteiger partial charge is 0.329 e. The van der Waals surface area contributed by atoms with Gasteiger partial charge in [0.2, 0.25) is 0 Å². The first-order valence-corrected chi connectivity index (χ1v) is 17.0. The van der Waals surface area contributed by atoms with E-state index in [4.69, 9.17) is 14.0 Å². The maximum atomic E-state index is 12.3. The number of carbonyl (C=O) groups excluding carboxylic acids is 1. The molecule has 222 valence electrons. The summed E-state index contributed by atoms with van der Waals surface area (Å²) in [4.78, 5) is 23.5. The summed E-state index contributed by atoms with van der Waals surface area (Å²) in [6.07, 6.45) is 20.6. The highest BCUT2D eigenvalue weighted by atomic mass is 31.2. The third kappa shape index (κ3) is 25.6. The average Bonchev–Trinajstić information content (AvgIpc) is 2.86. The van der Waals surface area contributed by atoms with Crippen molar-refractivity contribution in [2.75, 3.05) is 45.6 Å². The third-order valence-corrected chi connectivity index (χ3v) is 8.15. The first kappa shape index (κ1) is 36.5. The van der Waals surface area contributed by atoms with Gasteiger partial charge in [0.15, 0.2) is 0 Å². The maximum Gasteiger partial charge on any atom is 0.329 e. The first-order valence-electron chi connectivity index (χ1n) is 15.3. The second kappa shape index (κ2) is 25.8. The molecule has 2 unspecified atom stereocenters. The van der Waals surface area contributed by atoms with Crippen LogP contribution >= 0.6 is 7.60 Å². The Hall–Kier alpha value is -0.460. The van der Waals surface area contributed by atoms with Gasteiger partial charge in [-0.05, 0) is 19.5 Å². The molecule has 2 atom stereocenters. The van der Waals surface area contributed by atoms with Gasteiger partial charge in [0, 0.05) is 20.1 Å². The van der Waals surface area contributed by atoms with Crippen molar-refractivity contribution in [1.29, 1.82) is 0 Å². The lowest BCUT2D eigenvalue weighted by Crippen LogP contribution is -2.29. The van der Waals surface area contributed by atoms with Gasteiger partial charge in [-0.3, -0.25) is 9.36 Å². The molecule has 0 radical (unpaired) electrons. The summed E-state index contributed by atoms with van der Waals surface area (Å²) in [5, 5.41) is 0. The van der Waals surface area contributed by atoms with E-state index in [1.165, 1.54) is 96.8 Å². The SMILES string of the molecule is CCCCCCCCCCCCCCCCCCOCC(COP(=O)(O)CCN(CC)CC)OC(C)=O. The number of rotatable bonds is 28. The van der Waals surface area contributed by atoms with E-state index in [0.29, 0.717) is 13.2 Å². The normalized spacial score (nSPS) is 14.1. The van der Waals surface area contributed by atoms with E-state index in [1.807, 2.05) is 13.8 Å². The fourth-order valence-electron chi connectivity index (χ4n) is 4.39. The summed E-state index contributed by atoms with van der Waals surface area (Å²) in [7, 11) is -3.74. The van der Waals surface area contributed by atoms with Gasteiger partial charge in [0.05, 0.1) is 19.4 Å². The summed E-state index contributed by atoms with van der Waals surface area (Å²) < 4.78 is 28.4. The Morgan fingerprint density at radius 3 is 1.65 bits per heavy atom. The second-order valence-corrected chi connectivity index (χ2v) is 12.3. The maximum absolute atomic E-state index is 12.3. The molecule has 37 heavy (non-hydrogen) atoms. The molecule has 0 saturated carbocycles. The van der Waals surface area contributed by atoms with Gasteiger partial charge >= 0.3 is 13.6 Å². The van der Waals surface area contributed by atoms with Crippen molar-refractivity contribution in [2.45, 2.75) is 137 Å². The quantitative estimate of drug-likeness (QED) is 0.0607. The van der Waals surface area contributed by atoms with Crippen LogP contribution in [0, 0.1) is 0 Å². The standard InChI is InChI=1S/C29H60NO6P/c1-5-8-9-10-11-12-13-14-15-16-17-18-19-20-21-22-24-34-26-29(36-28(4)31)27-35-37(32,33)25-23-30(6-2)7-3/h29H,5-27H2,1-4H3,(H,32,33). The minimum Gasteiger partial charge on any atom is -0.458 e. The van der Waals surface area contributed by atoms with E-state index < -0.39 is 19.7 Å². The molecule has 0 saturated heterocycles. The highest BCUT2D eigenvalue weighted by Gasteiger charge is 2.24. The van der Waals surface area contributed by atoms with Crippen LogP contribution in [-0.4, -0.2) is 67.5 Å². The van der Waals surface area contributed by atoms with E-state index >= 15 is 0 Å². The zero-order valence-electron chi connectivity index (χ0n) is 24.7. The minimum absolute atomic E-state index is 0.0571. The Balaban J connectivity index is 3.72. The molecule has 0 fully saturated rings. The highest BCUT2D eigenvalue weighted by Crippen LogP contribution is 2.41. The van der Waals surface area contributed by atoms with Crippen LogP contribution in [0.1, 0.15) is 130 Å². The molecule has 0 aromatic heterocycles. The van der Waals surface area contributed by atoms with E-state index in [9.17, 15) is 14.3 Å². The molecule has 0 aliphatic rings. The molecule has 0 bridgehead atoms. The Bertz CT molecular complexity index is 559. The molecule has 0 aromatic carbocycles. The third-order valence-electron chi connectivity index (χ3n) is 6.83. The van der Waals surface area contributed by atoms with Crippen LogP contribution in [-0.2, 0) is 23.4 Å². The van der Waals surface area contributed by atoms with Gasteiger partial charge in [-0.25, -0.2) is 0 Å². The molecule has 0 rings (SSSR count). The molecule has 0 amide bonds. The van der Waals surface area contributed by atoms with Crippen LogP contribution < -0.4 is 0 Å². The van der Waals surface area contributed by atoms with Crippen LogP contribution in [0.3, 0.4) is 0 Å². The molecule has 0 heterocycles. The number of unbranched alkanes of at least 4 members (excludes halogenated alkanes) is 15. The number of hydrogen-bond acceptors (Lipinski definition) is 6. The summed E-state index contributed by atoms with van der Waals surface area (Å²) in [5.74, 6) is -0.449. The van der Waals surface area contributed by atoms with Crippen molar-refractivity contribution in [2.24, 2.45) is 0 Å². The van der Waals surface area contributed by atoms with E-state index in [1.54, 1.807) is 0 Å². The summed E-state index contributed by atoms with van der Waals surface area (Å²) >= 11 is 0. The number of esters is 1. The van der Waals surface area contributed by atoms with Crippen molar-refractivity contribution >= 4 is 13.6 Å². The van der Waals surface area contributed by atoms with Crippen LogP contribution in [0.15, 0.2) is 0 Å². The van der Waals surface area contributed by atoms with Crippen molar-refractivity contribution in [3.8, 4) is 0 Å². The minimum atomic E-state index is -3.74. The number of hydrogen-bond donors (Lipinski definition) is 1. The van der Waals surface area contributed by atoms with Crippen molar-refractivity contribution in [3.05, 3.63) is 0 Å². The highest BCUT2D eigenvalue weighted by molar-refractivity contribution is 7.52. The van der Waals surface area contributed by atoms with Crippen molar-refractivity contribution in [1.82, 2.24) is 4.90 Å². The van der Waals surface area contributed by atoms with Crippen LogP contribution in [0.25, 0.3) is 0 Å². The monoisotopic (exact) mass is 549 g/mol.